The van der Waals surface area contributed by atoms with Gasteiger partial charge in [-0.25, -0.2) is 4.98 Å². The Morgan fingerprint density at radius 1 is 1.12 bits per heavy atom. The van der Waals surface area contributed by atoms with Crippen molar-refractivity contribution in [2.45, 2.75) is 0 Å². The number of thiazole rings is 1. The van der Waals surface area contributed by atoms with E-state index in [0.29, 0.717) is 32.2 Å². The summed E-state index contributed by atoms with van der Waals surface area (Å²) in [6.07, 6.45) is 0. The van der Waals surface area contributed by atoms with E-state index in [1.165, 1.54) is 17.4 Å². The van der Waals surface area contributed by atoms with Gasteiger partial charge in [-0.15, -0.1) is 0 Å². The molecule has 0 spiro atoms. The standard InChI is InChI=1S/C16H12Cl2N2O3S/c1-22-11-5-6-12(23-2)14-13(11)19-16(24-14)20-15(21)9-7-8(17)3-4-10(9)18/h3-7H,1-2H3,(H,19,20,21). The third kappa shape index (κ3) is 3.13. The van der Waals surface area contributed by atoms with E-state index in [-0.39, 0.29) is 11.5 Å². The average molecular weight is 383 g/mol. The van der Waals surface area contributed by atoms with Gasteiger partial charge in [0.15, 0.2) is 5.13 Å². The van der Waals surface area contributed by atoms with Crippen LogP contribution in [-0.4, -0.2) is 25.1 Å². The fourth-order valence-electron chi connectivity index (χ4n) is 2.18. The van der Waals surface area contributed by atoms with Gasteiger partial charge < -0.3 is 9.47 Å². The van der Waals surface area contributed by atoms with Crippen LogP contribution in [0.2, 0.25) is 10.0 Å². The SMILES string of the molecule is COc1ccc(OC)c2sc(NC(=O)c3cc(Cl)ccc3Cl)nc12. The van der Waals surface area contributed by atoms with Gasteiger partial charge in [0, 0.05) is 5.02 Å². The van der Waals surface area contributed by atoms with Crippen molar-refractivity contribution >= 4 is 55.8 Å². The third-order valence-electron chi connectivity index (χ3n) is 3.30. The van der Waals surface area contributed by atoms with E-state index in [0.717, 1.165) is 4.70 Å². The van der Waals surface area contributed by atoms with Crippen LogP contribution in [0.3, 0.4) is 0 Å². The minimum absolute atomic E-state index is 0.280. The van der Waals surface area contributed by atoms with Crippen molar-refractivity contribution in [3.63, 3.8) is 0 Å². The maximum Gasteiger partial charge on any atom is 0.259 e. The molecule has 0 bridgehead atoms. The van der Waals surface area contributed by atoms with Gasteiger partial charge in [0.25, 0.3) is 5.91 Å². The molecule has 0 saturated carbocycles. The molecule has 0 atom stereocenters. The lowest BCUT2D eigenvalue weighted by Crippen LogP contribution is -2.12. The predicted octanol–water partition coefficient (Wildman–Crippen LogP) is 4.87. The van der Waals surface area contributed by atoms with Gasteiger partial charge in [0.05, 0.1) is 24.8 Å². The molecule has 1 heterocycles. The van der Waals surface area contributed by atoms with Crippen LogP contribution >= 0.6 is 34.5 Å². The molecule has 3 aromatic rings. The van der Waals surface area contributed by atoms with Crippen molar-refractivity contribution in [3.05, 3.63) is 45.9 Å². The second-order valence-corrected chi connectivity index (χ2v) is 6.59. The van der Waals surface area contributed by atoms with Gasteiger partial charge in [-0.3, -0.25) is 10.1 Å². The second-order valence-electron chi connectivity index (χ2n) is 4.75. The smallest absolute Gasteiger partial charge is 0.259 e. The van der Waals surface area contributed by atoms with Crippen LogP contribution in [0.15, 0.2) is 30.3 Å². The number of nitrogens with one attached hydrogen (secondary N) is 1. The molecule has 1 N–H and O–H groups in total. The molecule has 124 valence electrons. The molecule has 0 aliphatic rings. The molecule has 1 aromatic heterocycles. The fourth-order valence-corrected chi connectivity index (χ4v) is 3.52. The number of rotatable bonds is 4. The summed E-state index contributed by atoms with van der Waals surface area (Å²) in [6, 6.07) is 8.25. The van der Waals surface area contributed by atoms with E-state index in [9.17, 15) is 4.79 Å². The van der Waals surface area contributed by atoms with E-state index in [2.05, 4.69) is 10.3 Å². The predicted molar refractivity (Wildman–Crippen MR) is 97.1 cm³/mol. The van der Waals surface area contributed by atoms with E-state index in [1.807, 2.05) is 0 Å². The maximum atomic E-state index is 12.4. The number of fused-ring (bicyclic) bond motifs is 1. The van der Waals surface area contributed by atoms with Crippen LogP contribution in [0.5, 0.6) is 11.5 Å². The molecule has 0 unspecified atom stereocenters. The lowest BCUT2D eigenvalue weighted by atomic mass is 10.2. The number of ether oxygens (including phenoxy) is 2. The van der Waals surface area contributed by atoms with Crippen molar-refractivity contribution in [1.29, 1.82) is 0 Å². The summed E-state index contributed by atoms with van der Waals surface area (Å²) in [5.74, 6) is 0.868. The maximum absolute atomic E-state index is 12.4. The first kappa shape index (κ1) is 16.8. The van der Waals surface area contributed by atoms with Gasteiger partial charge in [-0.1, -0.05) is 34.5 Å². The van der Waals surface area contributed by atoms with E-state index in [1.54, 1.807) is 38.5 Å². The minimum atomic E-state index is -0.389. The highest BCUT2D eigenvalue weighted by Crippen LogP contribution is 2.39. The van der Waals surface area contributed by atoms with Crippen molar-refractivity contribution in [2.75, 3.05) is 19.5 Å². The minimum Gasteiger partial charge on any atom is -0.495 e. The number of hydrogen-bond acceptors (Lipinski definition) is 5. The molecule has 3 rings (SSSR count). The molecule has 8 heteroatoms. The number of hydrogen-bond donors (Lipinski definition) is 1. The second kappa shape index (κ2) is 6.84. The van der Waals surface area contributed by atoms with Crippen molar-refractivity contribution < 1.29 is 14.3 Å². The average Bonchev–Trinajstić information content (AvgIpc) is 2.99. The molecule has 24 heavy (non-hydrogen) atoms. The van der Waals surface area contributed by atoms with Gasteiger partial charge >= 0.3 is 0 Å². The topological polar surface area (TPSA) is 60.5 Å². The van der Waals surface area contributed by atoms with Crippen LogP contribution < -0.4 is 14.8 Å². The first-order valence-electron chi connectivity index (χ1n) is 6.81. The first-order chi connectivity index (χ1) is 11.5. The van der Waals surface area contributed by atoms with Gasteiger partial charge in [0.1, 0.15) is 21.7 Å². The summed E-state index contributed by atoms with van der Waals surface area (Å²) in [7, 11) is 3.13. The van der Waals surface area contributed by atoms with Crippen molar-refractivity contribution in [3.8, 4) is 11.5 Å². The Hall–Kier alpha value is -2.02. The highest BCUT2D eigenvalue weighted by Gasteiger charge is 2.17. The summed E-state index contributed by atoms with van der Waals surface area (Å²) in [5, 5.41) is 3.88. The number of halogens is 2. The Balaban J connectivity index is 1.98. The molecule has 0 fully saturated rings. The van der Waals surface area contributed by atoms with Crippen molar-refractivity contribution in [1.82, 2.24) is 4.98 Å². The number of aromatic nitrogens is 1. The van der Waals surface area contributed by atoms with E-state index >= 15 is 0 Å². The number of amides is 1. The highest BCUT2D eigenvalue weighted by atomic mass is 35.5. The quantitative estimate of drug-likeness (QED) is 0.698. The zero-order valence-corrected chi connectivity index (χ0v) is 15.1. The van der Waals surface area contributed by atoms with Crippen LogP contribution in [0.25, 0.3) is 10.2 Å². The Morgan fingerprint density at radius 2 is 1.83 bits per heavy atom. The molecule has 0 radical (unpaired) electrons. The molecule has 1 amide bonds. The van der Waals surface area contributed by atoms with Crippen LogP contribution in [-0.2, 0) is 0 Å². The lowest BCUT2D eigenvalue weighted by molar-refractivity contribution is 0.102. The Morgan fingerprint density at radius 3 is 2.54 bits per heavy atom. The summed E-state index contributed by atoms with van der Waals surface area (Å²) in [5.41, 5.74) is 0.900. The molecule has 0 aliphatic heterocycles. The molecule has 2 aromatic carbocycles. The van der Waals surface area contributed by atoms with E-state index < -0.39 is 0 Å². The zero-order chi connectivity index (χ0) is 17.3. The number of methoxy groups -OCH3 is 2. The summed E-state index contributed by atoms with van der Waals surface area (Å²) in [4.78, 5) is 16.8. The largest absolute Gasteiger partial charge is 0.495 e. The summed E-state index contributed by atoms with van der Waals surface area (Å²) in [6.45, 7) is 0. The van der Waals surface area contributed by atoms with Crippen LogP contribution in [0, 0.1) is 0 Å². The molecule has 0 aliphatic carbocycles. The van der Waals surface area contributed by atoms with Gasteiger partial charge in [0.2, 0.25) is 0 Å². The third-order valence-corrected chi connectivity index (χ3v) is 4.85. The van der Waals surface area contributed by atoms with Gasteiger partial charge in [-0.05, 0) is 30.3 Å². The molecule has 0 saturated heterocycles. The van der Waals surface area contributed by atoms with Crippen LogP contribution in [0.4, 0.5) is 5.13 Å². The number of carbonyl (C=O) groups excluding carboxylic acids is 1. The summed E-state index contributed by atoms with van der Waals surface area (Å²) < 4.78 is 11.4. The lowest BCUT2D eigenvalue weighted by Gasteiger charge is -2.04. The van der Waals surface area contributed by atoms with Crippen LogP contribution in [0.1, 0.15) is 10.4 Å². The number of nitrogens with zero attached hydrogens (tertiary/aromatic N) is 1. The normalized spacial score (nSPS) is 10.7. The first-order valence-corrected chi connectivity index (χ1v) is 8.38. The number of anilines is 1. The summed E-state index contributed by atoms with van der Waals surface area (Å²) >= 11 is 13.3. The monoisotopic (exact) mass is 382 g/mol. The Labute approximate surface area is 152 Å². The highest BCUT2D eigenvalue weighted by molar-refractivity contribution is 7.22. The van der Waals surface area contributed by atoms with Gasteiger partial charge in [-0.2, -0.15) is 0 Å². The number of benzene rings is 2. The van der Waals surface area contributed by atoms with E-state index in [4.69, 9.17) is 32.7 Å². The zero-order valence-electron chi connectivity index (χ0n) is 12.7. The number of carbonyl (C=O) groups is 1. The Kier molecular flexibility index (Phi) is 4.80. The fraction of sp³-hybridized carbons (Fsp3) is 0.125. The molecular weight excluding hydrogens is 371 g/mol. The van der Waals surface area contributed by atoms with Crippen molar-refractivity contribution in [2.24, 2.45) is 0 Å². The molecule has 5 nitrogen and oxygen atoms in total. The Bertz CT molecular complexity index is 886. The molecular formula is C16H12Cl2N2O3S.